The molecule has 0 saturated heterocycles. The maximum absolute atomic E-state index is 5.72. The molecule has 0 bridgehead atoms. The average molecular weight is 189 g/mol. The van der Waals surface area contributed by atoms with E-state index < -0.39 is 0 Å². The van der Waals surface area contributed by atoms with Crippen LogP contribution in [-0.2, 0) is 0 Å². The lowest BCUT2D eigenvalue weighted by Gasteiger charge is -2.06. The van der Waals surface area contributed by atoms with Crippen molar-refractivity contribution in [1.82, 2.24) is 9.78 Å². The van der Waals surface area contributed by atoms with Crippen molar-refractivity contribution in [2.24, 2.45) is 0 Å². The summed E-state index contributed by atoms with van der Waals surface area (Å²) in [7, 11) is 1.61. The van der Waals surface area contributed by atoms with E-state index in [1.54, 1.807) is 24.1 Å². The van der Waals surface area contributed by atoms with Crippen LogP contribution in [-0.4, -0.2) is 16.9 Å². The van der Waals surface area contributed by atoms with Gasteiger partial charge in [-0.25, -0.2) is 4.68 Å². The summed E-state index contributed by atoms with van der Waals surface area (Å²) in [6, 6.07) is 7.35. The first-order valence-corrected chi connectivity index (χ1v) is 4.24. The first-order valence-electron chi connectivity index (χ1n) is 4.24. The van der Waals surface area contributed by atoms with Crippen molar-refractivity contribution in [2.75, 3.05) is 12.8 Å². The Balaban J connectivity index is 2.48. The minimum absolute atomic E-state index is 0.662. The zero-order chi connectivity index (χ0) is 9.97. The summed E-state index contributed by atoms with van der Waals surface area (Å²) >= 11 is 0. The van der Waals surface area contributed by atoms with Crippen LogP contribution in [0.15, 0.2) is 36.7 Å². The van der Waals surface area contributed by atoms with Gasteiger partial charge in [0.25, 0.3) is 0 Å². The third-order valence-corrected chi connectivity index (χ3v) is 1.92. The number of nitrogen functional groups attached to an aromatic ring is 1. The maximum atomic E-state index is 5.72. The summed E-state index contributed by atoms with van der Waals surface area (Å²) in [5, 5.41) is 4.11. The smallest absolute Gasteiger partial charge is 0.123 e. The second-order valence-electron chi connectivity index (χ2n) is 2.92. The topological polar surface area (TPSA) is 53.1 Å². The number of anilines is 1. The second kappa shape index (κ2) is 3.41. The third-order valence-electron chi connectivity index (χ3n) is 1.92. The largest absolute Gasteiger partial charge is 0.497 e. The molecule has 4 heteroatoms. The minimum atomic E-state index is 0.662. The summed E-state index contributed by atoms with van der Waals surface area (Å²) in [5.41, 5.74) is 7.28. The lowest BCUT2D eigenvalue weighted by Crippen LogP contribution is -1.97. The van der Waals surface area contributed by atoms with Crippen LogP contribution in [0.1, 0.15) is 0 Å². The van der Waals surface area contributed by atoms with Crippen molar-refractivity contribution < 1.29 is 4.74 Å². The average Bonchev–Trinajstić information content (AvgIpc) is 2.69. The number of ether oxygens (including phenoxy) is 1. The molecule has 0 fully saturated rings. The van der Waals surface area contributed by atoms with E-state index in [1.807, 2.05) is 24.4 Å². The summed E-state index contributed by atoms with van der Waals surface area (Å²) in [5.74, 6) is 0.732. The standard InChI is InChI=1S/C10H11N3O/c1-14-10-6-8(11)5-9(7-10)13-4-2-3-12-13/h2-7H,11H2,1H3. The number of nitrogens with zero attached hydrogens (tertiary/aromatic N) is 2. The molecular weight excluding hydrogens is 178 g/mol. The number of rotatable bonds is 2. The molecule has 1 heterocycles. The van der Waals surface area contributed by atoms with E-state index in [-0.39, 0.29) is 0 Å². The molecule has 0 aliphatic heterocycles. The van der Waals surface area contributed by atoms with E-state index in [1.165, 1.54) is 0 Å². The van der Waals surface area contributed by atoms with Gasteiger partial charge in [-0.05, 0) is 12.1 Å². The fourth-order valence-electron chi connectivity index (χ4n) is 1.28. The Bertz CT molecular complexity index is 423. The van der Waals surface area contributed by atoms with E-state index in [0.717, 1.165) is 11.4 Å². The molecule has 2 N–H and O–H groups in total. The van der Waals surface area contributed by atoms with Gasteiger partial charge in [0.05, 0.1) is 12.8 Å². The zero-order valence-corrected chi connectivity index (χ0v) is 7.84. The van der Waals surface area contributed by atoms with Gasteiger partial charge >= 0.3 is 0 Å². The highest BCUT2D eigenvalue weighted by Crippen LogP contribution is 2.20. The first-order chi connectivity index (χ1) is 6.79. The number of benzene rings is 1. The fraction of sp³-hybridized carbons (Fsp3) is 0.100. The molecule has 4 nitrogen and oxygen atoms in total. The Morgan fingerprint density at radius 3 is 2.86 bits per heavy atom. The van der Waals surface area contributed by atoms with Crippen molar-refractivity contribution in [3.05, 3.63) is 36.7 Å². The monoisotopic (exact) mass is 189 g/mol. The van der Waals surface area contributed by atoms with Crippen LogP contribution in [0.2, 0.25) is 0 Å². The molecule has 2 aromatic rings. The molecule has 14 heavy (non-hydrogen) atoms. The van der Waals surface area contributed by atoms with Gasteiger partial charge in [0, 0.05) is 30.2 Å². The van der Waals surface area contributed by atoms with E-state index >= 15 is 0 Å². The van der Waals surface area contributed by atoms with Crippen LogP contribution in [0.4, 0.5) is 5.69 Å². The van der Waals surface area contributed by atoms with Crippen LogP contribution in [0.25, 0.3) is 5.69 Å². The van der Waals surface area contributed by atoms with Gasteiger partial charge in [0.15, 0.2) is 0 Å². The number of nitrogens with two attached hydrogens (primary N) is 1. The van der Waals surface area contributed by atoms with Gasteiger partial charge in [0.2, 0.25) is 0 Å². The highest BCUT2D eigenvalue weighted by molar-refractivity contribution is 5.53. The molecule has 0 spiro atoms. The molecule has 0 unspecified atom stereocenters. The van der Waals surface area contributed by atoms with Crippen LogP contribution in [0.5, 0.6) is 5.75 Å². The summed E-state index contributed by atoms with van der Waals surface area (Å²) < 4.78 is 6.85. The summed E-state index contributed by atoms with van der Waals surface area (Å²) in [6.07, 6.45) is 3.57. The number of hydrogen-bond donors (Lipinski definition) is 1. The van der Waals surface area contributed by atoms with Crippen molar-refractivity contribution in [3.63, 3.8) is 0 Å². The van der Waals surface area contributed by atoms with E-state index in [9.17, 15) is 0 Å². The van der Waals surface area contributed by atoms with Crippen LogP contribution >= 0.6 is 0 Å². The Morgan fingerprint density at radius 2 is 2.21 bits per heavy atom. The van der Waals surface area contributed by atoms with E-state index in [4.69, 9.17) is 10.5 Å². The Hall–Kier alpha value is -1.97. The summed E-state index contributed by atoms with van der Waals surface area (Å²) in [6.45, 7) is 0. The van der Waals surface area contributed by atoms with Gasteiger partial charge in [0.1, 0.15) is 5.75 Å². The van der Waals surface area contributed by atoms with Crippen molar-refractivity contribution in [2.45, 2.75) is 0 Å². The maximum Gasteiger partial charge on any atom is 0.123 e. The molecule has 2 rings (SSSR count). The van der Waals surface area contributed by atoms with Crippen molar-refractivity contribution >= 4 is 5.69 Å². The Morgan fingerprint density at radius 1 is 1.36 bits per heavy atom. The Kier molecular flexibility index (Phi) is 2.10. The van der Waals surface area contributed by atoms with Crippen LogP contribution in [0, 0.1) is 0 Å². The molecule has 0 aliphatic rings. The number of aromatic nitrogens is 2. The first kappa shape index (κ1) is 8.62. The van der Waals surface area contributed by atoms with Gasteiger partial charge in [-0.3, -0.25) is 0 Å². The zero-order valence-electron chi connectivity index (χ0n) is 7.84. The number of methoxy groups -OCH3 is 1. The van der Waals surface area contributed by atoms with Crippen LogP contribution in [0.3, 0.4) is 0 Å². The molecule has 0 amide bonds. The third kappa shape index (κ3) is 1.54. The van der Waals surface area contributed by atoms with Crippen molar-refractivity contribution in [3.8, 4) is 11.4 Å². The molecule has 72 valence electrons. The van der Waals surface area contributed by atoms with Crippen LogP contribution < -0.4 is 10.5 Å². The molecule has 1 aromatic carbocycles. The highest BCUT2D eigenvalue weighted by atomic mass is 16.5. The summed E-state index contributed by atoms with van der Waals surface area (Å²) in [4.78, 5) is 0. The highest BCUT2D eigenvalue weighted by Gasteiger charge is 2.00. The number of hydrogen-bond acceptors (Lipinski definition) is 3. The van der Waals surface area contributed by atoms with Gasteiger partial charge in [-0.15, -0.1) is 0 Å². The predicted molar refractivity (Wildman–Crippen MR) is 54.5 cm³/mol. The van der Waals surface area contributed by atoms with Gasteiger partial charge in [-0.2, -0.15) is 5.10 Å². The second-order valence-corrected chi connectivity index (χ2v) is 2.92. The van der Waals surface area contributed by atoms with E-state index in [2.05, 4.69) is 5.10 Å². The molecule has 0 atom stereocenters. The predicted octanol–water partition coefficient (Wildman–Crippen LogP) is 1.46. The molecule has 0 aliphatic carbocycles. The van der Waals surface area contributed by atoms with Gasteiger partial charge < -0.3 is 10.5 Å². The molecule has 0 radical (unpaired) electrons. The SMILES string of the molecule is COc1cc(N)cc(-n2cccn2)c1. The minimum Gasteiger partial charge on any atom is -0.497 e. The Labute approximate surface area is 81.9 Å². The fourth-order valence-corrected chi connectivity index (χ4v) is 1.28. The molecular formula is C10H11N3O. The quantitative estimate of drug-likeness (QED) is 0.728. The normalized spacial score (nSPS) is 10.1. The van der Waals surface area contributed by atoms with Crippen molar-refractivity contribution in [1.29, 1.82) is 0 Å². The lowest BCUT2D eigenvalue weighted by atomic mass is 10.2. The van der Waals surface area contributed by atoms with E-state index in [0.29, 0.717) is 5.69 Å². The van der Waals surface area contributed by atoms with Gasteiger partial charge in [-0.1, -0.05) is 0 Å². The molecule has 1 aromatic heterocycles. The molecule has 0 saturated carbocycles. The lowest BCUT2D eigenvalue weighted by molar-refractivity contribution is 0.414.